The van der Waals surface area contributed by atoms with Crippen LogP contribution in [0.3, 0.4) is 0 Å². The van der Waals surface area contributed by atoms with Gasteiger partial charge in [0.05, 0.1) is 0 Å². The predicted molar refractivity (Wildman–Crippen MR) is 66.8 cm³/mol. The smallest absolute Gasteiger partial charge is 0.133 e. The Hall–Kier alpha value is -1.03. The van der Waals surface area contributed by atoms with E-state index in [1.807, 2.05) is 20.8 Å². The molecule has 2 unspecified atom stereocenters. The minimum atomic E-state index is -0.882. The summed E-state index contributed by atoms with van der Waals surface area (Å²) in [7, 11) is 0. The Kier molecular flexibility index (Phi) is 5.66. The molecule has 4 heteroatoms. The molecule has 1 rings (SSSR count). The van der Waals surface area contributed by atoms with Crippen molar-refractivity contribution in [2.24, 2.45) is 5.92 Å². The van der Waals surface area contributed by atoms with Crippen molar-refractivity contribution < 1.29 is 13.2 Å². The Balaban J connectivity index is 3.05. The number of benzene rings is 1. The molecule has 0 aliphatic heterocycles. The molecule has 0 saturated carbocycles. The van der Waals surface area contributed by atoms with E-state index in [1.165, 1.54) is 0 Å². The van der Waals surface area contributed by atoms with Gasteiger partial charge in [-0.15, -0.1) is 0 Å². The van der Waals surface area contributed by atoms with E-state index >= 15 is 0 Å². The van der Waals surface area contributed by atoms with Crippen LogP contribution in [-0.4, -0.2) is 6.54 Å². The third kappa shape index (κ3) is 3.73. The van der Waals surface area contributed by atoms with Gasteiger partial charge < -0.3 is 5.32 Å². The predicted octanol–water partition coefficient (Wildman–Crippen LogP) is 4.19. The molecule has 1 nitrogen and oxygen atoms in total. The van der Waals surface area contributed by atoms with E-state index in [1.54, 1.807) is 0 Å². The molecular formula is C14H20F3N. The molecule has 0 heterocycles. The highest BCUT2D eigenvalue weighted by Crippen LogP contribution is 2.28. The summed E-state index contributed by atoms with van der Waals surface area (Å²) in [5.41, 5.74) is -0.0569. The average Bonchev–Trinajstić information content (AvgIpc) is 2.27. The van der Waals surface area contributed by atoms with Crippen molar-refractivity contribution >= 4 is 0 Å². The fourth-order valence-electron chi connectivity index (χ4n) is 2.00. The normalized spacial score (nSPS) is 14.6. The van der Waals surface area contributed by atoms with Gasteiger partial charge in [0.15, 0.2) is 0 Å². The minimum Gasteiger partial charge on any atom is -0.310 e. The van der Waals surface area contributed by atoms with Crippen LogP contribution in [0.15, 0.2) is 12.1 Å². The fourth-order valence-corrected chi connectivity index (χ4v) is 2.00. The Bertz CT molecular complexity index is 370. The van der Waals surface area contributed by atoms with Crippen molar-refractivity contribution in [2.75, 3.05) is 6.54 Å². The first-order chi connectivity index (χ1) is 8.49. The highest BCUT2D eigenvalue weighted by atomic mass is 19.1. The molecular weight excluding hydrogens is 239 g/mol. The topological polar surface area (TPSA) is 12.0 Å². The maximum atomic E-state index is 13.7. The third-order valence-corrected chi connectivity index (χ3v) is 3.18. The van der Waals surface area contributed by atoms with Crippen LogP contribution in [0, 0.1) is 23.4 Å². The van der Waals surface area contributed by atoms with Crippen LogP contribution in [0.25, 0.3) is 0 Å². The molecule has 2 atom stereocenters. The van der Waals surface area contributed by atoms with Crippen molar-refractivity contribution in [3.8, 4) is 0 Å². The van der Waals surface area contributed by atoms with Crippen LogP contribution in [0.2, 0.25) is 0 Å². The summed E-state index contributed by atoms with van der Waals surface area (Å²) < 4.78 is 40.3. The Labute approximate surface area is 106 Å². The van der Waals surface area contributed by atoms with Gasteiger partial charge in [-0.1, -0.05) is 27.2 Å². The maximum absolute atomic E-state index is 13.7. The van der Waals surface area contributed by atoms with Crippen molar-refractivity contribution in [1.29, 1.82) is 0 Å². The van der Waals surface area contributed by atoms with Gasteiger partial charge in [0.25, 0.3) is 0 Å². The SMILES string of the molecule is CCNC(CC(C)CC)c1c(F)cc(F)cc1F. The Morgan fingerprint density at radius 3 is 2.11 bits per heavy atom. The lowest BCUT2D eigenvalue weighted by Gasteiger charge is -2.22. The molecule has 0 spiro atoms. The molecule has 1 aromatic rings. The minimum absolute atomic E-state index is 0.0569. The molecule has 0 radical (unpaired) electrons. The Morgan fingerprint density at radius 2 is 1.67 bits per heavy atom. The number of halogens is 3. The molecule has 0 amide bonds. The van der Waals surface area contributed by atoms with Crippen LogP contribution < -0.4 is 5.32 Å². The summed E-state index contributed by atoms with van der Waals surface area (Å²) in [5, 5.41) is 3.06. The number of rotatable bonds is 6. The van der Waals surface area contributed by atoms with Gasteiger partial charge in [-0.05, 0) is 18.9 Å². The molecule has 0 aliphatic carbocycles. The van der Waals surface area contributed by atoms with E-state index < -0.39 is 23.5 Å². The zero-order valence-corrected chi connectivity index (χ0v) is 11.1. The molecule has 0 saturated heterocycles. The van der Waals surface area contributed by atoms with Crippen LogP contribution in [0.4, 0.5) is 13.2 Å². The van der Waals surface area contributed by atoms with Gasteiger partial charge in [-0.3, -0.25) is 0 Å². The van der Waals surface area contributed by atoms with E-state index in [9.17, 15) is 13.2 Å². The van der Waals surface area contributed by atoms with E-state index in [0.29, 0.717) is 18.9 Å². The van der Waals surface area contributed by atoms with Gasteiger partial charge in [0, 0.05) is 23.7 Å². The van der Waals surface area contributed by atoms with Gasteiger partial charge in [0.1, 0.15) is 17.5 Å². The van der Waals surface area contributed by atoms with Crippen LogP contribution in [-0.2, 0) is 0 Å². The summed E-state index contributed by atoms with van der Waals surface area (Å²) in [4.78, 5) is 0. The van der Waals surface area contributed by atoms with Crippen LogP contribution in [0.5, 0.6) is 0 Å². The molecule has 18 heavy (non-hydrogen) atoms. The second-order valence-electron chi connectivity index (χ2n) is 4.64. The van der Waals surface area contributed by atoms with Crippen LogP contribution >= 0.6 is 0 Å². The van der Waals surface area contributed by atoms with Gasteiger partial charge in [0.2, 0.25) is 0 Å². The van der Waals surface area contributed by atoms with Gasteiger partial charge in [-0.2, -0.15) is 0 Å². The third-order valence-electron chi connectivity index (χ3n) is 3.18. The standard InChI is InChI=1S/C14H20F3N/c1-4-9(3)6-13(18-5-2)14-11(16)7-10(15)8-12(14)17/h7-9,13,18H,4-6H2,1-3H3. The lowest BCUT2D eigenvalue weighted by molar-refractivity contribution is 0.382. The van der Waals surface area contributed by atoms with E-state index in [0.717, 1.165) is 18.6 Å². The summed E-state index contributed by atoms with van der Waals surface area (Å²) in [6.07, 6.45) is 1.57. The molecule has 0 aliphatic rings. The lowest BCUT2D eigenvalue weighted by atomic mass is 9.93. The summed E-state index contributed by atoms with van der Waals surface area (Å²) in [5.74, 6) is -2.17. The first-order valence-corrected chi connectivity index (χ1v) is 6.37. The zero-order valence-electron chi connectivity index (χ0n) is 11.1. The Morgan fingerprint density at radius 1 is 1.11 bits per heavy atom. The average molecular weight is 259 g/mol. The van der Waals surface area contributed by atoms with Gasteiger partial charge in [-0.25, -0.2) is 13.2 Å². The second-order valence-corrected chi connectivity index (χ2v) is 4.64. The highest BCUT2D eigenvalue weighted by molar-refractivity contribution is 5.24. The summed E-state index contributed by atoms with van der Waals surface area (Å²) in [6, 6.07) is 1.06. The fraction of sp³-hybridized carbons (Fsp3) is 0.571. The summed E-state index contributed by atoms with van der Waals surface area (Å²) >= 11 is 0. The lowest BCUT2D eigenvalue weighted by Crippen LogP contribution is -2.25. The first kappa shape index (κ1) is 15.0. The number of hydrogen-bond acceptors (Lipinski definition) is 1. The van der Waals surface area contributed by atoms with Crippen molar-refractivity contribution in [3.63, 3.8) is 0 Å². The number of hydrogen-bond donors (Lipinski definition) is 1. The largest absolute Gasteiger partial charge is 0.310 e. The quantitative estimate of drug-likeness (QED) is 0.807. The monoisotopic (exact) mass is 259 g/mol. The molecule has 102 valence electrons. The van der Waals surface area contributed by atoms with Crippen LogP contribution in [0.1, 0.15) is 45.2 Å². The molecule has 0 bridgehead atoms. The molecule has 0 fully saturated rings. The molecule has 0 aromatic heterocycles. The zero-order chi connectivity index (χ0) is 13.7. The number of nitrogens with one attached hydrogen (secondary N) is 1. The van der Waals surface area contributed by atoms with Gasteiger partial charge >= 0.3 is 0 Å². The van der Waals surface area contributed by atoms with E-state index in [4.69, 9.17) is 0 Å². The first-order valence-electron chi connectivity index (χ1n) is 6.37. The summed E-state index contributed by atoms with van der Waals surface area (Å²) in [6.45, 7) is 6.55. The van der Waals surface area contributed by atoms with Crippen molar-refractivity contribution in [2.45, 2.75) is 39.7 Å². The highest BCUT2D eigenvalue weighted by Gasteiger charge is 2.22. The van der Waals surface area contributed by atoms with E-state index in [2.05, 4.69) is 5.32 Å². The molecule has 1 aromatic carbocycles. The van der Waals surface area contributed by atoms with E-state index in [-0.39, 0.29) is 5.56 Å². The maximum Gasteiger partial charge on any atom is 0.133 e. The molecule has 1 N–H and O–H groups in total. The van der Waals surface area contributed by atoms with Crippen molar-refractivity contribution in [3.05, 3.63) is 35.1 Å². The second kappa shape index (κ2) is 6.78. The van der Waals surface area contributed by atoms with Crippen molar-refractivity contribution in [1.82, 2.24) is 5.32 Å².